The zero-order valence-corrected chi connectivity index (χ0v) is 12.2. The Morgan fingerprint density at radius 1 is 0.500 bits per heavy atom. The largest absolute Gasteiger partial charge is 0.497 e. The van der Waals surface area contributed by atoms with Crippen LogP contribution in [0.3, 0.4) is 0 Å². The maximum atomic E-state index is 5.82. The monoisotopic (exact) mass is 292 g/mol. The Kier molecular flexibility index (Phi) is 4.25. The Balaban J connectivity index is 1.73. The lowest BCUT2D eigenvalue weighted by molar-refractivity contribution is 0.412. The molecule has 3 nitrogen and oxygen atoms in total. The molecule has 0 amide bonds. The zero-order valence-electron chi connectivity index (χ0n) is 12.2. The normalized spacial score (nSPS) is 10.0. The first-order valence-electron chi connectivity index (χ1n) is 6.98. The second-order valence-electron chi connectivity index (χ2n) is 4.67. The minimum atomic E-state index is 0.721. The second-order valence-corrected chi connectivity index (χ2v) is 4.67. The summed E-state index contributed by atoms with van der Waals surface area (Å²) in [7, 11) is 1.64. The van der Waals surface area contributed by atoms with Crippen molar-refractivity contribution in [1.82, 2.24) is 0 Å². The fourth-order valence-electron chi connectivity index (χ4n) is 2.01. The molecule has 0 aliphatic rings. The molecule has 0 aliphatic heterocycles. The van der Waals surface area contributed by atoms with Crippen LogP contribution in [0, 0.1) is 0 Å². The van der Waals surface area contributed by atoms with E-state index in [0.29, 0.717) is 0 Å². The number of hydrogen-bond acceptors (Lipinski definition) is 3. The summed E-state index contributed by atoms with van der Waals surface area (Å²) in [6, 6.07) is 24.7. The van der Waals surface area contributed by atoms with E-state index in [4.69, 9.17) is 14.2 Å². The van der Waals surface area contributed by atoms with Crippen LogP contribution in [-0.4, -0.2) is 7.11 Å². The third kappa shape index (κ3) is 3.58. The molecule has 0 aliphatic carbocycles. The van der Waals surface area contributed by atoms with E-state index in [1.807, 2.05) is 78.9 Å². The Morgan fingerprint density at radius 2 is 1.00 bits per heavy atom. The molecule has 0 heterocycles. The topological polar surface area (TPSA) is 27.7 Å². The first-order valence-corrected chi connectivity index (χ1v) is 6.98. The molecule has 0 saturated carbocycles. The number of methoxy groups -OCH3 is 1. The van der Waals surface area contributed by atoms with Gasteiger partial charge in [0.15, 0.2) is 0 Å². The van der Waals surface area contributed by atoms with Gasteiger partial charge in [-0.15, -0.1) is 0 Å². The quantitative estimate of drug-likeness (QED) is 0.640. The maximum absolute atomic E-state index is 5.82. The van der Waals surface area contributed by atoms with Gasteiger partial charge in [-0.3, -0.25) is 0 Å². The number of para-hydroxylation sites is 1. The van der Waals surface area contributed by atoms with E-state index in [1.54, 1.807) is 7.11 Å². The smallest absolute Gasteiger partial charge is 0.131 e. The van der Waals surface area contributed by atoms with Crippen LogP contribution in [-0.2, 0) is 0 Å². The molecule has 0 spiro atoms. The van der Waals surface area contributed by atoms with Gasteiger partial charge in [0.2, 0.25) is 0 Å². The van der Waals surface area contributed by atoms with Crippen molar-refractivity contribution in [3.63, 3.8) is 0 Å². The summed E-state index contributed by atoms with van der Waals surface area (Å²) in [6.07, 6.45) is 0. The van der Waals surface area contributed by atoms with E-state index in [9.17, 15) is 0 Å². The summed E-state index contributed by atoms with van der Waals surface area (Å²) in [5.74, 6) is 3.80. The summed E-state index contributed by atoms with van der Waals surface area (Å²) in [5, 5.41) is 0. The minimum Gasteiger partial charge on any atom is -0.497 e. The predicted molar refractivity (Wildman–Crippen MR) is 86.0 cm³/mol. The zero-order chi connectivity index (χ0) is 15.2. The lowest BCUT2D eigenvalue weighted by Gasteiger charge is -2.09. The van der Waals surface area contributed by atoms with Crippen LogP contribution in [0.1, 0.15) is 0 Å². The Bertz CT molecular complexity index is 721. The molecule has 3 aromatic rings. The third-order valence-corrected chi connectivity index (χ3v) is 3.08. The lowest BCUT2D eigenvalue weighted by Crippen LogP contribution is -1.87. The van der Waals surface area contributed by atoms with Crippen LogP contribution >= 0.6 is 0 Å². The molecule has 3 rings (SSSR count). The fourth-order valence-corrected chi connectivity index (χ4v) is 2.01. The van der Waals surface area contributed by atoms with Crippen LogP contribution in [0.25, 0.3) is 0 Å². The summed E-state index contributed by atoms with van der Waals surface area (Å²) >= 11 is 0. The van der Waals surface area contributed by atoms with Crippen LogP contribution in [0.2, 0.25) is 0 Å². The fraction of sp³-hybridized carbons (Fsp3) is 0.0526. The van der Waals surface area contributed by atoms with E-state index in [2.05, 4.69) is 0 Å². The molecule has 3 aromatic carbocycles. The summed E-state index contributed by atoms with van der Waals surface area (Å²) in [6.45, 7) is 0. The molecule has 0 N–H and O–H groups in total. The Labute approximate surface area is 129 Å². The minimum absolute atomic E-state index is 0.721. The van der Waals surface area contributed by atoms with Crippen molar-refractivity contribution < 1.29 is 14.2 Å². The molecule has 0 atom stereocenters. The second kappa shape index (κ2) is 6.68. The lowest BCUT2D eigenvalue weighted by atomic mass is 10.3. The average molecular weight is 292 g/mol. The standard InChI is InChI=1S/C19H16O3/c1-20-15-10-12-17(13-11-15)22-19-9-5-8-18(14-19)21-16-6-3-2-4-7-16/h2-14H,1H3. The van der Waals surface area contributed by atoms with Crippen molar-refractivity contribution >= 4 is 0 Å². The van der Waals surface area contributed by atoms with Gasteiger partial charge in [-0.1, -0.05) is 24.3 Å². The van der Waals surface area contributed by atoms with Crippen molar-refractivity contribution in [2.45, 2.75) is 0 Å². The highest BCUT2D eigenvalue weighted by Gasteiger charge is 2.02. The van der Waals surface area contributed by atoms with E-state index >= 15 is 0 Å². The van der Waals surface area contributed by atoms with Gasteiger partial charge >= 0.3 is 0 Å². The van der Waals surface area contributed by atoms with Gasteiger partial charge in [0.05, 0.1) is 7.11 Å². The highest BCUT2D eigenvalue weighted by molar-refractivity contribution is 5.40. The summed E-state index contributed by atoms with van der Waals surface area (Å²) in [5.41, 5.74) is 0. The van der Waals surface area contributed by atoms with E-state index in [1.165, 1.54) is 0 Å². The van der Waals surface area contributed by atoms with Crippen molar-refractivity contribution in [2.75, 3.05) is 7.11 Å². The summed E-state index contributed by atoms with van der Waals surface area (Å²) < 4.78 is 16.7. The van der Waals surface area contributed by atoms with Crippen molar-refractivity contribution in [3.8, 4) is 28.7 Å². The van der Waals surface area contributed by atoms with Crippen LogP contribution in [0.5, 0.6) is 28.7 Å². The van der Waals surface area contributed by atoms with Crippen LogP contribution in [0.15, 0.2) is 78.9 Å². The number of hydrogen-bond donors (Lipinski definition) is 0. The van der Waals surface area contributed by atoms with Crippen LogP contribution < -0.4 is 14.2 Å². The SMILES string of the molecule is COc1ccc(Oc2cccc(Oc3ccccc3)c2)cc1. The molecule has 0 fully saturated rings. The molecule has 22 heavy (non-hydrogen) atoms. The molecule has 110 valence electrons. The molecule has 0 radical (unpaired) electrons. The van der Waals surface area contributed by atoms with E-state index in [0.717, 1.165) is 28.7 Å². The number of rotatable bonds is 5. The molecule has 0 unspecified atom stereocenters. The van der Waals surface area contributed by atoms with Crippen molar-refractivity contribution in [1.29, 1.82) is 0 Å². The molecule has 0 aromatic heterocycles. The number of benzene rings is 3. The Hall–Kier alpha value is -2.94. The molecule has 0 bridgehead atoms. The average Bonchev–Trinajstić information content (AvgIpc) is 2.57. The highest BCUT2D eigenvalue weighted by Crippen LogP contribution is 2.28. The third-order valence-electron chi connectivity index (χ3n) is 3.08. The van der Waals surface area contributed by atoms with Gasteiger partial charge < -0.3 is 14.2 Å². The molecule has 3 heteroatoms. The first-order chi connectivity index (χ1) is 10.8. The Morgan fingerprint density at radius 3 is 1.59 bits per heavy atom. The van der Waals surface area contributed by atoms with Gasteiger partial charge in [-0.2, -0.15) is 0 Å². The van der Waals surface area contributed by atoms with Crippen molar-refractivity contribution in [3.05, 3.63) is 78.9 Å². The van der Waals surface area contributed by atoms with Gasteiger partial charge in [0, 0.05) is 6.07 Å². The molecule has 0 saturated heterocycles. The van der Waals surface area contributed by atoms with Gasteiger partial charge in [0.25, 0.3) is 0 Å². The van der Waals surface area contributed by atoms with Gasteiger partial charge in [-0.25, -0.2) is 0 Å². The first kappa shape index (κ1) is 14.0. The van der Waals surface area contributed by atoms with Gasteiger partial charge in [-0.05, 0) is 48.5 Å². The molecular formula is C19H16O3. The van der Waals surface area contributed by atoms with Gasteiger partial charge in [0.1, 0.15) is 28.7 Å². The van der Waals surface area contributed by atoms with E-state index in [-0.39, 0.29) is 0 Å². The van der Waals surface area contributed by atoms with E-state index < -0.39 is 0 Å². The molecular weight excluding hydrogens is 276 g/mol. The summed E-state index contributed by atoms with van der Waals surface area (Å²) in [4.78, 5) is 0. The highest BCUT2D eigenvalue weighted by atomic mass is 16.5. The predicted octanol–water partition coefficient (Wildman–Crippen LogP) is 5.28. The maximum Gasteiger partial charge on any atom is 0.131 e. The number of ether oxygens (including phenoxy) is 3. The van der Waals surface area contributed by atoms with Crippen molar-refractivity contribution in [2.24, 2.45) is 0 Å². The van der Waals surface area contributed by atoms with Crippen LogP contribution in [0.4, 0.5) is 0 Å².